The van der Waals surface area contributed by atoms with Gasteiger partial charge in [-0.3, -0.25) is 0 Å². The molecule has 0 unspecified atom stereocenters. The molecule has 0 aliphatic carbocycles. The van der Waals surface area contributed by atoms with E-state index in [1.807, 2.05) is 19.1 Å². The summed E-state index contributed by atoms with van der Waals surface area (Å²) in [4.78, 5) is 23.6. The predicted molar refractivity (Wildman–Crippen MR) is 116 cm³/mol. The number of benzene rings is 3. The largest absolute Gasteiger partial charge is 0.462 e. The molecule has 3 aromatic rings. The van der Waals surface area contributed by atoms with Crippen molar-refractivity contribution in [3.8, 4) is 23.0 Å². The molecule has 0 aromatic heterocycles. The van der Waals surface area contributed by atoms with Crippen molar-refractivity contribution in [2.24, 2.45) is 0 Å². The molecule has 0 spiro atoms. The number of ether oxygens (including phenoxy) is 4. The number of carbonyl (C=O) groups excluding carboxylic acids is 2. The van der Waals surface area contributed by atoms with Crippen LogP contribution < -0.4 is 9.47 Å². The first-order valence-electron chi connectivity index (χ1n) is 10.0. The Bertz CT molecular complexity index is 1040. The van der Waals surface area contributed by atoms with Gasteiger partial charge in [-0.1, -0.05) is 12.1 Å². The Morgan fingerprint density at radius 3 is 1.65 bits per heavy atom. The number of esters is 2. The van der Waals surface area contributed by atoms with Gasteiger partial charge in [-0.15, -0.1) is 0 Å². The van der Waals surface area contributed by atoms with Gasteiger partial charge in [0.1, 0.15) is 11.5 Å². The number of hydrogen-bond donors (Lipinski definition) is 0. The van der Waals surface area contributed by atoms with Gasteiger partial charge in [-0.05, 0) is 80.9 Å². The monoisotopic (exact) mass is 420 g/mol. The van der Waals surface area contributed by atoms with E-state index in [0.717, 1.165) is 5.56 Å². The van der Waals surface area contributed by atoms with Gasteiger partial charge in [-0.2, -0.15) is 0 Å². The lowest BCUT2D eigenvalue weighted by Gasteiger charge is -2.15. The molecule has 0 N–H and O–H groups in total. The molecule has 0 aliphatic rings. The Balaban J connectivity index is 1.77. The number of aryl methyl sites for hydroxylation is 1. The maximum atomic E-state index is 11.8. The predicted octanol–water partition coefficient (Wildman–Crippen LogP) is 5.93. The van der Waals surface area contributed by atoms with E-state index in [0.29, 0.717) is 47.3 Å². The fourth-order valence-corrected chi connectivity index (χ4v) is 2.83. The highest BCUT2D eigenvalue weighted by Gasteiger charge is 2.13. The minimum absolute atomic E-state index is 0.321. The Hall–Kier alpha value is -3.80. The summed E-state index contributed by atoms with van der Waals surface area (Å²) in [6.45, 7) is 6.08. The zero-order valence-corrected chi connectivity index (χ0v) is 17.7. The van der Waals surface area contributed by atoms with E-state index < -0.39 is 0 Å². The molecule has 0 bridgehead atoms. The number of rotatable bonds is 8. The maximum absolute atomic E-state index is 11.8. The van der Waals surface area contributed by atoms with E-state index in [1.54, 1.807) is 68.4 Å². The lowest BCUT2D eigenvalue weighted by Crippen LogP contribution is -2.04. The van der Waals surface area contributed by atoms with Gasteiger partial charge >= 0.3 is 11.9 Å². The topological polar surface area (TPSA) is 71.1 Å². The second-order valence-corrected chi connectivity index (χ2v) is 6.60. The molecular formula is C25H24O6. The summed E-state index contributed by atoms with van der Waals surface area (Å²) in [5.74, 6) is 1.45. The zero-order chi connectivity index (χ0) is 22.2. The molecule has 0 atom stereocenters. The highest BCUT2D eigenvalue weighted by Crippen LogP contribution is 2.37. The van der Waals surface area contributed by atoms with Gasteiger partial charge in [0.05, 0.1) is 24.3 Å². The van der Waals surface area contributed by atoms with Crippen molar-refractivity contribution in [1.29, 1.82) is 0 Å². The van der Waals surface area contributed by atoms with Crippen LogP contribution >= 0.6 is 0 Å². The summed E-state index contributed by atoms with van der Waals surface area (Å²) in [6.07, 6.45) is 0. The van der Waals surface area contributed by atoms with Crippen molar-refractivity contribution >= 4 is 11.9 Å². The van der Waals surface area contributed by atoms with E-state index in [-0.39, 0.29) is 11.9 Å². The quantitative estimate of drug-likeness (QED) is 0.421. The molecule has 0 amide bonds. The summed E-state index contributed by atoms with van der Waals surface area (Å²) < 4.78 is 22.0. The normalized spacial score (nSPS) is 10.3. The molecular weight excluding hydrogens is 396 g/mol. The fourth-order valence-electron chi connectivity index (χ4n) is 2.83. The number of carbonyl (C=O) groups is 2. The minimum atomic E-state index is -0.375. The highest BCUT2D eigenvalue weighted by molar-refractivity contribution is 5.90. The lowest BCUT2D eigenvalue weighted by atomic mass is 10.2. The van der Waals surface area contributed by atoms with Crippen LogP contribution in [0, 0.1) is 6.92 Å². The molecule has 0 heterocycles. The average Bonchev–Trinajstić information content (AvgIpc) is 2.77. The summed E-state index contributed by atoms with van der Waals surface area (Å²) in [5, 5.41) is 0. The van der Waals surface area contributed by atoms with Crippen molar-refractivity contribution in [1.82, 2.24) is 0 Å². The second-order valence-electron chi connectivity index (χ2n) is 6.60. The number of hydrogen-bond acceptors (Lipinski definition) is 6. The van der Waals surface area contributed by atoms with Crippen LogP contribution in [0.1, 0.15) is 40.1 Å². The van der Waals surface area contributed by atoms with Crippen LogP contribution in [-0.2, 0) is 9.47 Å². The Morgan fingerprint density at radius 2 is 1.16 bits per heavy atom. The van der Waals surface area contributed by atoms with Crippen molar-refractivity contribution < 1.29 is 28.5 Å². The standard InChI is InChI=1S/C25H24O6/c1-4-28-24(26)18-9-13-20(14-10-18)30-22-8-6-7-17(3)23(22)31-21-15-11-19(12-16-21)25(27)29-5-2/h6-16H,4-5H2,1-3H3. The van der Waals surface area contributed by atoms with E-state index in [9.17, 15) is 9.59 Å². The van der Waals surface area contributed by atoms with Gasteiger partial charge in [0.15, 0.2) is 11.5 Å². The minimum Gasteiger partial charge on any atom is -0.462 e. The van der Waals surface area contributed by atoms with Crippen molar-refractivity contribution in [3.63, 3.8) is 0 Å². The third kappa shape index (κ3) is 5.63. The zero-order valence-electron chi connectivity index (χ0n) is 17.7. The van der Waals surface area contributed by atoms with Crippen molar-refractivity contribution in [2.75, 3.05) is 13.2 Å². The summed E-state index contributed by atoms with van der Waals surface area (Å²) in [7, 11) is 0. The Morgan fingerprint density at radius 1 is 0.677 bits per heavy atom. The Kier molecular flexibility index (Phi) is 7.27. The molecule has 160 valence electrons. The van der Waals surface area contributed by atoms with E-state index in [2.05, 4.69) is 0 Å². The molecule has 3 rings (SSSR count). The highest BCUT2D eigenvalue weighted by atomic mass is 16.5. The molecule has 0 saturated carbocycles. The van der Waals surface area contributed by atoms with Crippen LogP contribution in [-0.4, -0.2) is 25.2 Å². The first-order chi connectivity index (χ1) is 15.0. The van der Waals surface area contributed by atoms with E-state index in [1.165, 1.54) is 0 Å². The van der Waals surface area contributed by atoms with Crippen LogP contribution in [0.5, 0.6) is 23.0 Å². The molecule has 0 radical (unpaired) electrons. The van der Waals surface area contributed by atoms with E-state index >= 15 is 0 Å². The maximum Gasteiger partial charge on any atom is 0.338 e. The first-order valence-corrected chi connectivity index (χ1v) is 10.0. The molecule has 3 aromatic carbocycles. The lowest BCUT2D eigenvalue weighted by molar-refractivity contribution is 0.0516. The molecule has 31 heavy (non-hydrogen) atoms. The van der Waals surface area contributed by atoms with Gasteiger partial charge < -0.3 is 18.9 Å². The van der Waals surface area contributed by atoms with Crippen molar-refractivity contribution in [2.45, 2.75) is 20.8 Å². The third-order valence-electron chi connectivity index (χ3n) is 4.35. The van der Waals surface area contributed by atoms with Crippen LogP contribution in [0.25, 0.3) is 0 Å². The van der Waals surface area contributed by atoms with E-state index in [4.69, 9.17) is 18.9 Å². The van der Waals surface area contributed by atoms with Gasteiger partial charge in [0.25, 0.3) is 0 Å². The van der Waals surface area contributed by atoms with Gasteiger partial charge in [-0.25, -0.2) is 9.59 Å². The molecule has 0 aliphatic heterocycles. The summed E-state index contributed by atoms with van der Waals surface area (Å²) in [6, 6.07) is 19.0. The van der Waals surface area contributed by atoms with Crippen LogP contribution in [0.2, 0.25) is 0 Å². The fraction of sp³-hybridized carbons (Fsp3) is 0.200. The third-order valence-corrected chi connectivity index (χ3v) is 4.35. The molecule has 0 saturated heterocycles. The second kappa shape index (κ2) is 10.3. The number of para-hydroxylation sites is 1. The molecule has 0 fully saturated rings. The van der Waals surface area contributed by atoms with Crippen LogP contribution in [0.3, 0.4) is 0 Å². The SMILES string of the molecule is CCOC(=O)c1ccc(Oc2cccc(C)c2Oc2ccc(C(=O)OCC)cc2)cc1. The average molecular weight is 420 g/mol. The smallest absolute Gasteiger partial charge is 0.338 e. The summed E-state index contributed by atoms with van der Waals surface area (Å²) >= 11 is 0. The Labute approximate surface area is 181 Å². The van der Waals surface area contributed by atoms with Gasteiger partial charge in [0, 0.05) is 0 Å². The van der Waals surface area contributed by atoms with Crippen molar-refractivity contribution in [3.05, 3.63) is 83.4 Å². The van der Waals surface area contributed by atoms with Crippen LogP contribution in [0.4, 0.5) is 0 Å². The molecule has 6 heteroatoms. The summed E-state index contributed by atoms with van der Waals surface area (Å²) in [5.41, 5.74) is 1.80. The van der Waals surface area contributed by atoms with Crippen LogP contribution in [0.15, 0.2) is 66.7 Å². The first kappa shape index (κ1) is 21.9. The van der Waals surface area contributed by atoms with Gasteiger partial charge in [0.2, 0.25) is 0 Å². The molecule has 6 nitrogen and oxygen atoms in total.